The Morgan fingerprint density at radius 3 is 2.62 bits per heavy atom. The monoisotopic (exact) mass is 360 g/mol. The lowest BCUT2D eigenvalue weighted by Gasteiger charge is -2.26. The van der Waals surface area contributed by atoms with Crippen LogP contribution in [0.25, 0.3) is 0 Å². The first-order valence-electron chi connectivity index (χ1n) is 8.31. The molecule has 1 spiro atoms. The Labute approximate surface area is 152 Å². The molecule has 0 aliphatic carbocycles. The molecular weight excluding hydrogens is 340 g/mol. The third-order valence-electron chi connectivity index (χ3n) is 4.94. The van der Waals surface area contributed by atoms with Crippen LogP contribution >= 0.6 is 23.5 Å². The standard InChI is InChI=1S/C19H21ClN2OS/c20-16-8-6-15(7-9-16)12-21-11-10-19(14-21)18(23)13-22(24-19)17-4-2-1-3-5-17/h1-9,18,23H,10-14H2/t18-,19+/m0/s1. The fourth-order valence-electron chi connectivity index (χ4n) is 3.61. The highest BCUT2D eigenvalue weighted by Crippen LogP contribution is 2.47. The molecule has 2 aromatic carbocycles. The van der Waals surface area contributed by atoms with Crippen LogP contribution in [0.15, 0.2) is 54.6 Å². The third-order valence-corrected chi connectivity index (χ3v) is 6.75. The van der Waals surface area contributed by atoms with Crippen LogP contribution < -0.4 is 4.31 Å². The summed E-state index contributed by atoms with van der Waals surface area (Å²) >= 11 is 7.78. The summed E-state index contributed by atoms with van der Waals surface area (Å²) in [4.78, 5) is 2.44. The number of likely N-dealkylation sites (tertiary alicyclic amines) is 1. The minimum atomic E-state index is -0.294. The van der Waals surface area contributed by atoms with Gasteiger partial charge >= 0.3 is 0 Å². The zero-order chi connectivity index (χ0) is 16.6. The van der Waals surface area contributed by atoms with Gasteiger partial charge in [0.2, 0.25) is 0 Å². The Morgan fingerprint density at radius 2 is 1.88 bits per heavy atom. The minimum Gasteiger partial charge on any atom is -0.390 e. The number of halogens is 1. The summed E-state index contributed by atoms with van der Waals surface area (Å²) in [5.74, 6) is 0. The molecule has 3 nitrogen and oxygen atoms in total. The summed E-state index contributed by atoms with van der Waals surface area (Å²) in [5.41, 5.74) is 2.45. The van der Waals surface area contributed by atoms with E-state index in [1.165, 1.54) is 11.3 Å². The molecule has 0 saturated carbocycles. The number of hydrogen-bond donors (Lipinski definition) is 1. The van der Waals surface area contributed by atoms with E-state index in [1.807, 2.05) is 30.1 Å². The SMILES string of the molecule is O[C@H]1CN(c2ccccc2)S[C@@]12CCN(Cc1ccc(Cl)cc1)C2. The number of aliphatic hydroxyl groups excluding tert-OH is 1. The number of rotatable bonds is 3. The van der Waals surface area contributed by atoms with E-state index in [2.05, 4.69) is 45.6 Å². The predicted octanol–water partition coefficient (Wildman–Crippen LogP) is 3.81. The summed E-state index contributed by atoms with van der Waals surface area (Å²) in [5, 5.41) is 11.5. The normalized spacial score (nSPS) is 27.2. The number of hydrogen-bond acceptors (Lipinski definition) is 4. The van der Waals surface area contributed by atoms with E-state index in [0.717, 1.165) is 31.1 Å². The Kier molecular flexibility index (Phi) is 4.48. The molecule has 4 rings (SSSR count). The largest absolute Gasteiger partial charge is 0.390 e. The fraction of sp³-hybridized carbons (Fsp3) is 0.368. The lowest BCUT2D eigenvalue weighted by atomic mass is 10.0. The van der Waals surface area contributed by atoms with Crippen molar-refractivity contribution in [2.45, 2.75) is 23.8 Å². The van der Waals surface area contributed by atoms with Gasteiger partial charge < -0.3 is 9.41 Å². The van der Waals surface area contributed by atoms with Crippen molar-refractivity contribution in [3.8, 4) is 0 Å². The molecule has 2 aliphatic rings. The maximum absolute atomic E-state index is 10.7. The van der Waals surface area contributed by atoms with Crippen molar-refractivity contribution < 1.29 is 5.11 Å². The van der Waals surface area contributed by atoms with Gasteiger partial charge in [0.1, 0.15) is 0 Å². The topological polar surface area (TPSA) is 26.7 Å². The second kappa shape index (κ2) is 6.60. The van der Waals surface area contributed by atoms with Gasteiger partial charge in [-0.15, -0.1) is 0 Å². The van der Waals surface area contributed by atoms with Gasteiger partial charge in [-0.05, 0) is 48.2 Å². The van der Waals surface area contributed by atoms with E-state index in [1.54, 1.807) is 0 Å². The van der Waals surface area contributed by atoms with Gasteiger partial charge in [0.05, 0.1) is 17.4 Å². The van der Waals surface area contributed by atoms with Crippen molar-refractivity contribution in [1.29, 1.82) is 0 Å². The molecule has 1 N–H and O–H groups in total. The third kappa shape index (κ3) is 3.16. The summed E-state index contributed by atoms with van der Waals surface area (Å²) in [6, 6.07) is 18.4. The first-order valence-corrected chi connectivity index (χ1v) is 9.46. The first-order chi connectivity index (χ1) is 11.6. The summed E-state index contributed by atoms with van der Waals surface area (Å²) in [6.07, 6.45) is 0.730. The molecule has 0 unspecified atom stereocenters. The van der Waals surface area contributed by atoms with Crippen LogP contribution in [0.5, 0.6) is 0 Å². The zero-order valence-electron chi connectivity index (χ0n) is 13.4. The summed E-state index contributed by atoms with van der Waals surface area (Å²) < 4.78 is 2.17. The van der Waals surface area contributed by atoms with E-state index in [-0.39, 0.29) is 10.9 Å². The van der Waals surface area contributed by atoms with Gasteiger partial charge in [-0.1, -0.05) is 41.9 Å². The highest BCUT2D eigenvalue weighted by molar-refractivity contribution is 8.02. The molecule has 2 heterocycles. The Balaban J connectivity index is 1.44. The number of benzene rings is 2. The van der Waals surface area contributed by atoms with Crippen molar-refractivity contribution in [1.82, 2.24) is 4.90 Å². The second-order valence-corrected chi connectivity index (χ2v) is 8.53. The fourth-order valence-corrected chi connectivity index (χ4v) is 5.23. The Bertz CT molecular complexity index is 696. The minimum absolute atomic E-state index is 0.0811. The lowest BCUT2D eigenvalue weighted by molar-refractivity contribution is 0.145. The molecule has 5 heteroatoms. The van der Waals surface area contributed by atoms with Gasteiger partial charge in [0, 0.05) is 30.3 Å². The molecule has 0 amide bonds. The van der Waals surface area contributed by atoms with Crippen molar-refractivity contribution in [3.63, 3.8) is 0 Å². The molecule has 2 atom stereocenters. The number of para-hydroxylation sites is 1. The lowest BCUT2D eigenvalue weighted by Crippen LogP contribution is -2.39. The molecule has 126 valence electrons. The molecule has 0 bridgehead atoms. The van der Waals surface area contributed by atoms with Gasteiger partial charge in [-0.3, -0.25) is 4.90 Å². The average molecular weight is 361 g/mol. The van der Waals surface area contributed by atoms with E-state index >= 15 is 0 Å². The van der Waals surface area contributed by atoms with E-state index in [4.69, 9.17) is 11.6 Å². The van der Waals surface area contributed by atoms with Crippen LogP contribution in [0.2, 0.25) is 5.02 Å². The number of β-amino-alcohol motifs (C(OH)–C–C–N with tert-alkyl or cyclic N) is 1. The van der Waals surface area contributed by atoms with Gasteiger partial charge in [-0.2, -0.15) is 0 Å². The first kappa shape index (κ1) is 16.3. The molecule has 24 heavy (non-hydrogen) atoms. The van der Waals surface area contributed by atoms with E-state index < -0.39 is 0 Å². The van der Waals surface area contributed by atoms with Crippen LogP contribution in [-0.4, -0.2) is 40.5 Å². The Hall–Kier alpha value is -1.20. The highest BCUT2D eigenvalue weighted by Gasteiger charge is 2.51. The van der Waals surface area contributed by atoms with Crippen LogP contribution in [0.1, 0.15) is 12.0 Å². The quantitative estimate of drug-likeness (QED) is 0.842. The zero-order valence-corrected chi connectivity index (χ0v) is 15.0. The summed E-state index contributed by atoms with van der Waals surface area (Å²) in [7, 11) is 0. The van der Waals surface area contributed by atoms with Gasteiger partial charge in [0.25, 0.3) is 0 Å². The number of aliphatic hydroxyl groups is 1. The molecule has 2 saturated heterocycles. The maximum Gasteiger partial charge on any atom is 0.0902 e. The smallest absolute Gasteiger partial charge is 0.0902 e. The van der Waals surface area contributed by atoms with Crippen LogP contribution in [0, 0.1) is 0 Å². The van der Waals surface area contributed by atoms with Gasteiger partial charge in [-0.25, -0.2) is 0 Å². The summed E-state index contributed by atoms with van der Waals surface area (Å²) in [6.45, 7) is 3.56. The molecule has 2 fully saturated rings. The highest BCUT2D eigenvalue weighted by atomic mass is 35.5. The second-order valence-electron chi connectivity index (χ2n) is 6.66. The van der Waals surface area contributed by atoms with E-state index in [0.29, 0.717) is 6.54 Å². The van der Waals surface area contributed by atoms with E-state index in [9.17, 15) is 5.11 Å². The van der Waals surface area contributed by atoms with Crippen LogP contribution in [0.4, 0.5) is 5.69 Å². The van der Waals surface area contributed by atoms with Crippen LogP contribution in [0.3, 0.4) is 0 Å². The maximum atomic E-state index is 10.7. The van der Waals surface area contributed by atoms with Crippen molar-refractivity contribution in [2.24, 2.45) is 0 Å². The number of anilines is 1. The van der Waals surface area contributed by atoms with Crippen molar-refractivity contribution in [3.05, 3.63) is 65.2 Å². The Morgan fingerprint density at radius 1 is 1.12 bits per heavy atom. The van der Waals surface area contributed by atoms with Crippen molar-refractivity contribution >= 4 is 29.2 Å². The van der Waals surface area contributed by atoms with Crippen LogP contribution in [-0.2, 0) is 6.54 Å². The molecule has 0 radical (unpaired) electrons. The number of nitrogens with zero attached hydrogens (tertiary/aromatic N) is 2. The molecule has 2 aromatic rings. The molecule has 0 aromatic heterocycles. The molecular formula is C19H21ClN2OS. The molecule has 2 aliphatic heterocycles. The average Bonchev–Trinajstić information content (AvgIpc) is 3.15. The van der Waals surface area contributed by atoms with Crippen molar-refractivity contribution in [2.75, 3.05) is 23.9 Å². The van der Waals surface area contributed by atoms with Gasteiger partial charge in [0.15, 0.2) is 0 Å². The predicted molar refractivity (Wildman–Crippen MR) is 101 cm³/mol.